The number of rotatable bonds is 4. The molecule has 0 aliphatic heterocycles. The Hall–Kier alpha value is -1.34. The molecule has 0 saturated carbocycles. The van der Waals surface area contributed by atoms with Crippen molar-refractivity contribution in [3.8, 4) is 5.75 Å². The fraction of sp³-hybridized carbons (Fsp3) is 0.300. The van der Waals surface area contributed by atoms with E-state index in [1.165, 1.54) is 0 Å². The standard InChI is InChI=1S/C10H10ClFO5S/c1-3-17-10(13)6-4-7(12)9(16-2)8(5-6)18(11,14)15/h4-5H,3H2,1-2H3. The van der Waals surface area contributed by atoms with Gasteiger partial charge in [0.25, 0.3) is 9.05 Å². The first-order valence-electron chi connectivity index (χ1n) is 4.80. The van der Waals surface area contributed by atoms with Crippen LogP contribution in [0.15, 0.2) is 17.0 Å². The Morgan fingerprint density at radius 1 is 1.44 bits per heavy atom. The number of carbonyl (C=O) groups excluding carboxylic acids is 1. The van der Waals surface area contributed by atoms with Crippen molar-refractivity contribution in [2.24, 2.45) is 0 Å². The van der Waals surface area contributed by atoms with Gasteiger partial charge in [-0.2, -0.15) is 0 Å². The Morgan fingerprint density at radius 2 is 2.06 bits per heavy atom. The molecule has 0 fully saturated rings. The summed E-state index contributed by atoms with van der Waals surface area (Å²) >= 11 is 0. The van der Waals surface area contributed by atoms with E-state index < -0.39 is 31.5 Å². The van der Waals surface area contributed by atoms with Gasteiger partial charge in [-0.05, 0) is 19.1 Å². The maximum absolute atomic E-state index is 13.6. The Kier molecular flexibility index (Phi) is 4.53. The molecule has 0 aliphatic rings. The summed E-state index contributed by atoms with van der Waals surface area (Å²) in [5.74, 6) is -2.40. The van der Waals surface area contributed by atoms with E-state index >= 15 is 0 Å². The summed E-state index contributed by atoms with van der Waals surface area (Å²) in [5, 5.41) is 0. The molecule has 18 heavy (non-hydrogen) atoms. The first-order valence-corrected chi connectivity index (χ1v) is 7.11. The number of hydrogen-bond acceptors (Lipinski definition) is 5. The second-order valence-corrected chi connectivity index (χ2v) is 5.68. The van der Waals surface area contributed by atoms with Crippen LogP contribution in [0.25, 0.3) is 0 Å². The van der Waals surface area contributed by atoms with Crippen molar-refractivity contribution in [1.82, 2.24) is 0 Å². The van der Waals surface area contributed by atoms with Gasteiger partial charge in [-0.1, -0.05) is 0 Å². The van der Waals surface area contributed by atoms with E-state index in [4.69, 9.17) is 10.7 Å². The van der Waals surface area contributed by atoms with Crippen molar-refractivity contribution in [1.29, 1.82) is 0 Å². The Morgan fingerprint density at radius 3 is 2.50 bits per heavy atom. The van der Waals surface area contributed by atoms with Crippen molar-refractivity contribution < 1.29 is 27.1 Å². The molecule has 0 heterocycles. The van der Waals surface area contributed by atoms with E-state index in [2.05, 4.69) is 9.47 Å². The number of halogens is 2. The van der Waals surface area contributed by atoms with Crippen LogP contribution in [0.4, 0.5) is 4.39 Å². The predicted octanol–water partition coefficient (Wildman–Crippen LogP) is 1.94. The summed E-state index contributed by atoms with van der Waals surface area (Å²) in [6, 6.07) is 1.73. The monoisotopic (exact) mass is 296 g/mol. The second kappa shape index (κ2) is 5.53. The molecule has 0 aliphatic carbocycles. The smallest absolute Gasteiger partial charge is 0.338 e. The summed E-state index contributed by atoms with van der Waals surface area (Å²) < 4.78 is 45.4. The third-order valence-corrected chi connectivity index (χ3v) is 3.31. The molecule has 0 saturated heterocycles. The zero-order chi connectivity index (χ0) is 13.9. The zero-order valence-electron chi connectivity index (χ0n) is 9.57. The average Bonchev–Trinajstić information content (AvgIpc) is 2.27. The SMILES string of the molecule is CCOC(=O)c1cc(F)c(OC)c(S(=O)(=O)Cl)c1. The van der Waals surface area contributed by atoms with E-state index in [9.17, 15) is 17.6 Å². The van der Waals surface area contributed by atoms with Gasteiger partial charge in [0.1, 0.15) is 4.90 Å². The van der Waals surface area contributed by atoms with Crippen molar-refractivity contribution in [3.05, 3.63) is 23.5 Å². The summed E-state index contributed by atoms with van der Waals surface area (Å²) in [6.07, 6.45) is 0. The van der Waals surface area contributed by atoms with Gasteiger partial charge in [-0.3, -0.25) is 0 Å². The highest BCUT2D eigenvalue weighted by Gasteiger charge is 2.23. The molecule has 1 aromatic carbocycles. The molecule has 5 nitrogen and oxygen atoms in total. The van der Waals surface area contributed by atoms with Crippen LogP contribution in [0.2, 0.25) is 0 Å². The van der Waals surface area contributed by atoms with Crippen LogP contribution in [0.1, 0.15) is 17.3 Å². The first-order chi connectivity index (χ1) is 8.31. The molecule has 0 bridgehead atoms. The average molecular weight is 297 g/mol. The highest BCUT2D eigenvalue weighted by atomic mass is 35.7. The minimum Gasteiger partial charge on any atom is -0.492 e. The van der Waals surface area contributed by atoms with Gasteiger partial charge < -0.3 is 9.47 Å². The predicted molar refractivity (Wildman–Crippen MR) is 61.9 cm³/mol. The highest BCUT2D eigenvalue weighted by molar-refractivity contribution is 8.13. The molecule has 0 amide bonds. The maximum Gasteiger partial charge on any atom is 0.338 e. The van der Waals surface area contributed by atoms with Crippen molar-refractivity contribution in [3.63, 3.8) is 0 Å². The summed E-state index contributed by atoms with van der Waals surface area (Å²) in [6.45, 7) is 1.65. The van der Waals surface area contributed by atoms with Crippen LogP contribution in [-0.2, 0) is 13.8 Å². The van der Waals surface area contributed by atoms with Crippen LogP contribution < -0.4 is 4.74 Å². The molecule has 0 spiro atoms. The van der Waals surface area contributed by atoms with E-state index in [1.54, 1.807) is 6.92 Å². The second-order valence-electron chi connectivity index (χ2n) is 3.15. The molecule has 1 rings (SSSR count). The normalized spacial score (nSPS) is 11.1. The van der Waals surface area contributed by atoms with Crippen molar-refractivity contribution >= 4 is 25.7 Å². The van der Waals surface area contributed by atoms with Gasteiger partial charge in [-0.25, -0.2) is 17.6 Å². The van der Waals surface area contributed by atoms with Gasteiger partial charge in [0.05, 0.1) is 19.3 Å². The van der Waals surface area contributed by atoms with Crippen LogP contribution in [0.3, 0.4) is 0 Å². The Labute approximate surface area is 108 Å². The van der Waals surface area contributed by atoms with Crippen molar-refractivity contribution in [2.75, 3.05) is 13.7 Å². The Bertz CT molecular complexity index is 570. The van der Waals surface area contributed by atoms with E-state index in [0.717, 1.165) is 19.2 Å². The number of methoxy groups -OCH3 is 1. The molecule has 0 aromatic heterocycles. The molecular formula is C10H10ClFO5S. The largest absolute Gasteiger partial charge is 0.492 e. The van der Waals surface area contributed by atoms with E-state index in [1.807, 2.05) is 0 Å². The van der Waals surface area contributed by atoms with E-state index in [0.29, 0.717) is 0 Å². The number of esters is 1. The third-order valence-electron chi connectivity index (χ3n) is 1.99. The summed E-state index contributed by atoms with van der Waals surface area (Å²) in [7, 11) is 1.99. The van der Waals surface area contributed by atoms with Crippen LogP contribution in [-0.4, -0.2) is 28.1 Å². The molecule has 0 N–H and O–H groups in total. The lowest BCUT2D eigenvalue weighted by Gasteiger charge is -2.09. The minimum absolute atomic E-state index is 0.0788. The van der Waals surface area contributed by atoms with Crippen LogP contribution >= 0.6 is 10.7 Å². The topological polar surface area (TPSA) is 69.7 Å². The van der Waals surface area contributed by atoms with Gasteiger partial charge in [0.15, 0.2) is 11.6 Å². The fourth-order valence-electron chi connectivity index (χ4n) is 1.28. The lowest BCUT2D eigenvalue weighted by molar-refractivity contribution is 0.0525. The highest BCUT2D eigenvalue weighted by Crippen LogP contribution is 2.31. The Balaban J connectivity index is 3.45. The summed E-state index contributed by atoms with van der Waals surface area (Å²) in [4.78, 5) is 10.8. The molecule has 0 atom stereocenters. The number of ether oxygens (including phenoxy) is 2. The van der Waals surface area contributed by atoms with Crippen molar-refractivity contribution in [2.45, 2.75) is 11.8 Å². The molecule has 1 aromatic rings. The lowest BCUT2D eigenvalue weighted by Crippen LogP contribution is -2.08. The lowest BCUT2D eigenvalue weighted by atomic mass is 10.2. The first kappa shape index (κ1) is 14.7. The number of carbonyl (C=O) groups is 1. The third kappa shape index (κ3) is 3.11. The van der Waals surface area contributed by atoms with Crippen LogP contribution in [0, 0.1) is 5.82 Å². The zero-order valence-corrected chi connectivity index (χ0v) is 11.1. The molecule has 100 valence electrons. The van der Waals surface area contributed by atoms with Gasteiger partial charge in [0, 0.05) is 10.7 Å². The van der Waals surface area contributed by atoms with E-state index in [-0.39, 0.29) is 12.2 Å². The minimum atomic E-state index is -4.24. The molecule has 0 unspecified atom stereocenters. The number of hydrogen-bond donors (Lipinski definition) is 0. The van der Waals surface area contributed by atoms with Gasteiger partial charge >= 0.3 is 5.97 Å². The molecule has 8 heteroatoms. The van der Waals surface area contributed by atoms with Gasteiger partial charge in [-0.15, -0.1) is 0 Å². The maximum atomic E-state index is 13.6. The van der Waals surface area contributed by atoms with Crippen LogP contribution in [0.5, 0.6) is 5.75 Å². The fourth-order valence-corrected chi connectivity index (χ4v) is 2.29. The molecule has 0 radical (unpaired) electrons. The van der Waals surface area contributed by atoms with Gasteiger partial charge in [0.2, 0.25) is 0 Å². The summed E-state index contributed by atoms with van der Waals surface area (Å²) in [5.41, 5.74) is -0.255. The number of benzene rings is 1. The quantitative estimate of drug-likeness (QED) is 0.627. The molecular weight excluding hydrogens is 287 g/mol.